The predicted molar refractivity (Wildman–Crippen MR) is 96.2 cm³/mol. The summed E-state index contributed by atoms with van der Waals surface area (Å²) in [5.74, 6) is -0.486. The van der Waals surface area contributed by atoms with Gasteiger partial charge in [-0.1, -0.05) is 36.8 Å². The number of benzene rings is 1. The zero-order valence-electron chi connectivity index (χ0n) is 15.3. The van der Waals surface area contributed by atoms with E-state index in [4.69, 9.17) is 5.73 Å². The van der Waals surface area contributed by atoms with E-state index in [9.17, 15) is 13.2 Å². The molecule has 0 saturated heterocycles. The van der Waals surface area contributed by atoms with E-state index in [1.54, 1.807) is 0 Å². The lowest BCUT2D eigenvalue weighted by molar-refractivity contribution is -0.139. The maximum Gasteiger partial charge on any atom is 0.324 e. The van der Waals surface area contributed by atoms with Crippen LogP contribution in [0.15, 0.2) is 29.4 Å². The first-order valence-electron chi connectivity index (χ1n) is 8.28. The average molecular weight is 380 g/mol. The number of aryl methyl sites for hydroxylation is 1. The molecule has 0 bridgehead atoms. The van der Waals surface area contributed by atoms with Crippen molar-refractivity contribution in [2.75, 3.05) is 7.11 Å². The number of hydrogen-bond acceptors (Lipinski definition) is 7. The van der Waals surface area contributed by atoms with E-state index in [0.717, 1.165) is 18.2 Å². The molecule has 2 rings (SSSR count). The number of esters is 1. The molecule has 1 heterocycles. The van der Waals surface area contributed by atoms with Crippen molar-refractivity contribution in [1.82, 2.24) is 14.8 Å². The maximum atomic E-state index is 12.9. The van der Waals surface area contributed by atoms with Gasteiger partial charge in [-0.15, -0.1) is 10.2 Å². The second-order valence-corrected chi connectivity index (χ2v) is 8.30. The van der Waals surface area contributed by atoms with Crippen LogP contribution in [-0.2, 0) is 25.9 Å². The van der Waals surface area contributed by atoms with Crippen molar-refractivity contribution >= 4 is 15.8 Å². The Morgan fingerprint density at radius 2 is 1.88 bits per heavy atom. The normalized spacial score (nSPS) is 14.0. The van der Waals surface area contributed by atoms with Crippen molar-refractivity contribution in [3.8, 4) is 0 Å². The summed E-state index contributed by atoms with van der Waals surface area (Å²) in [6, 6.07) is 7.20. The number of rotatable bonds is 7. The quantitative estimate of drug-likeness (QED) is 0.721. The lowest BCUT2D eigenvalue weighted by atomic mass is 10.1. The fourth-order valence-electron chi connectivity index (χ4n) is 2.44. The van der Waals surface area contributed by atoms with Gasteiger partial charge in [0.2, 0.25) is 9.84 Å². The zero-order chi connectivity index (χ0) is 19.5. The molecule has 2 unspecified atom stereocenters. The summed E-state index contributed by atoms with van der Waals surface area (Å²) in [6.45, 7) is 5.35. The Morgan fingerprint density at radius 3 is 2.42 bits per heavy atom. The second-order valence-electron chi connectivity index (χ2n) is 6.14. The highest BCUT2D eigenvalue weighted by atomic mass is 32.2. The fraction of sp³-hybridized carbons (Fsp3) is 0.471. The Labute approximate surface area is 153 Å². The number of carbonyl (C=O) groups excluding carboxylic acids is 1. The lowest BCUT2D eigenvalue weighted by Gasteiger charge is -2.15. The summed E-state index contributed by atoms with van der Waals surface area (Å²) in [5.41, 5.74) is 8.05. The van der Waals surface area contributed by atoms with E-state index in [2.05, 4.69) is 14.9 Å². The van der Waals surface area contributed by atoms with Gasteiger partial charge in [0.25, 0.3) is 5.16 Å². The van der Waals surface area contributed by atoms with Crippen LogP contribution in [-0.4, -0.2) is 41.5 Å². The first-order chi connectivity index (χ1) is 12.2. The summed E-state index contributed by atoms with van der Waals surface area (Å²) in [7, 11) is -2.93. The molecule has 26 heavy (non-hydrogen) atoms. The molecule has 9 heteroatoms. The van der Waals surface area contributed by atoms with Crippen LogP contribution in [0.1, 0.15) is 43.3 Å². The highest BCUT2D eigenvalue weighted by Gasteiger charge is 2.36. The summed E-state index contributed by atoms with van der Waals surface area (Å²) < 4.78 is 31.7. The van der Waals surface area contributed by atoms with Gasteiger partial charge in [0.15, 0.2) is 11.1 Å². The molecule has 2 aromatic rings. The molecule has 8 nitrogen and oxygen atoms in total. The third-order valence-electron chi connectivity index (χ3n) is 4.23. The maximum absolute atomic E-state index is 12.9. The first kappa shape index (κ1) is 20.1. The van der Waals surface area contributed by atoms with Gasteiger partial charge < -0.3 is 10.5 Å². The summed E-state index contributed by atoms with van der Waals surface area (Å²) in [4.78, 5) is 11.8. The van der Waals surface area contributed by atoms with Crippen molar-refractivity contribution in [1.29, 1.82) is 0 Å². The van der Waals surface area contributed by atoms with Gasteiger partial charge in [-0.05, 0) is 25.8 Å². The van der Waals surface area contributed by atoms with Crippen molar-refractivity contribution in [3.05, 3.63) is 41.2 Å². The smallest absolute Gasteiger partial charge is 0.324 e. The van der Waals surface area contributed by atoms with Crippen LogP contribution in [0.3, 0.4) is 0 Å². The molecular weight excluding hydrogens is 356 g/mol. The van der Waals surface area contributed by atoms with Gasteiger partial charge in [-0.2, -0.15) is 0 Å². The van der Waals surface area contributed by atoms with Gasteiger partial charge in [-0.3, -0.25) is 9.36 Å². The number of sulfone groups is 1. The SMILES string of the molecule is CCC(N)c1nnc(S(=O)(=O)C(C)C(=O)OC)n1Cc1ccc(C)cc1. The van der Waals surface area contributed by atoms with Gasteiger partial charge in [0, 0.05) is 0 Å². The number of hydrogen-bond donors (Lipinski definition) is 1. The van der Waals surface area contributed by atoms with Crippen LogP contribution in [0.4, 0.5) is 0 Å². The van der Waals surface area contributed by atoms with Crippen LogP contribution in [0.5, 0.6) is 0 Å². The predicted octanol–water partition coefficient (Wildman–Crippen LogP) is 1.38. The fourth-order valence-corrected chi connectivity index (χ4v) is 3.73. The highest BCUT2D eigenvalue weighted by Crippen LogP contribution is 2.22. The van der Waals surface area contributed by atoms with Crippen LogP contribution >= 0.6 is 0 Å². The molecular formula is C17H24N4O4S. The van der Waals surface area contributed by atoms with Crippen molar-refractivity contribution in [3.63, 3.8) is 0 Å². The molecule has 0 radical (unpaired) electrons. The number of ether oxygens (including phenoxy) is 1. The van der Waals surface area contributed by atoms with E-state index in [0.29, 0.717) is 12.2 Å². The third kappa shape index (κ3) is 3.94. The third-order valence-corrected chi connectivity index (χ3v) is 6.17. The Morgan fingerprint density at radius 1 is 1.27 bits per heavy atom. The minimum absolute atomic E-state index is 0.235. The number of methoxy groups -OCH3 is 1. The van der Waals surface area contributed by atoms with Crippen molar-refractivity contribution in [2.24, 2.45) is 5.73 Å². The van der Waals surface area contributed by atoms with E-state index in [-0.39, 0.29) is 11.7 Å². The summed E-state index contributed by atoms with van der Waals surface area (Å²) in [5, 5.41) is 6.16. The molecule has 0 aliphatic heterocycles. The number of aromatic nitrogens is 3. The van der Waals surface area contributed by atoms with E-state index >= 15 is 0 Å². The van der Waals surface area contributed by atoms with Gasteiger partial charge in [0.1, 0.15) is 0 Å². The standard InChI is InChI=1S/C17H24N4O4S/c1-5-14(18)15-19-20-17(26(23,24)12(3)16(22)25-4)21(15)10-13-8-6-11(2)7-9-13/h6-9,12,14H,5,10,18H2,1-4H3. The van der Waals surface area contributed by atoms with Crippen LogP contribution in [0, 0.1) is 6.92 Å². The van der Waals surface area contributed by atoms with Gasteiger partial charge >= 0.3 is 5.97 Å². The highest BCUT2D eigenvalue weighted by molar-refractivity contribution is 7.92. The molecule has 142 valence electrons. The molecule has 0 spiro atoms. The molecule has 0 saturated carbocycles. The average Bonchev–Trinajstić information content (AvgIpc) is 3.05. The van der Waals surface area contributed by atoms with Crippen LogP contribution < -0.4 is 5.73 Å². The molecule has 1 aromatic heterocycles. The largest absolute Gasteiger partial charge is 0.468 e. The first-order valence-corrected chi connectivity index (χ1v) is 9.82. The molecule has 0 aliphatic carbocycles. The Bertz CT molecular complexity index is 875. The van der Waals surface area contributed by atoms with E-state index < -0.39 is 27.1 Å². The number of nitrogens with zero attached hydrogens (tertiary/aromatic N) is 3. The lowest BCUT2D eigenvalue weighted by Crippen LogP contribution is -2.31. The number of nitrogens with two attached hydrogens (primary N) is 1. The van der Waals surface area contributed by atoms with Crippen molar-refractivity contribution in [2.45, 2.75) is 50.2 Å². The van der Waals surface area contributed by atoms with Crippen LogP contribution in [0.2, 0.25) is 0 Å². The Hall–Kier alpha value is -2.26. The Kier molecular flexibility index (Phi) is 6.14. The van der Waals surface area contributed by atoms with Crippen LogP contribution in [0.25, 0.3) is 0 Å². The summed E-state index contributed by atoms with van der Waals surface area (Å²) in [6.07, 6.45) is 0.568. The van der Waals surface area contributed by atoms with Gasteiger partial charge in [-0.25, -0.2) is 8.42 Å². The second kappa shape index (κ2) is 7.96. The monoisotopic (exact) mass is 380 g/mol. The van der Waals surface area contributed by atoms with E-state index in [1.807, 2.05) is 38.1 Å². The molecule has 0 amide bonds. The van der Waals surface area contributed by atoms with E-state index in [1.165, 1.54) is 11.5 Å². The minimum atomic E-state index is -4.07. The zero-order valence-corrected chi connectivity index (χ0v) is 16.2. The molecule has 2 N–H and O–H groups in total. The Balaban J connectivity index is 2.54. The molecule has 1 aromatic carbocycles. The topological polar surface area (TPSA) is 117 Å². The molecule has 0 fully saturated rings. The molecule has 0 aliphatic rings. The van der Waals surface area contributed by atoms with Gasteiger partial charge in [0.05, 0.1) is 19.7 Å². The minimum Gasteiger partial charge on any atom is -0.468 e. The summed E-state index contributed by atoms with van der Waals surface area (Å²) >= 11 is 0. The van der Waals surface area contributed by atoms with Crippen molar-refractivity contribution < 1.29 is 17.9 Å². The number of carbonyl (C=O) groups is 1. The molecule has 2 atom stereocenters.